The summed E-state index contributed by atoms with van der Waals surface area (Å²) in [6.07, 6.45) is 3.06. The molecule has 18 heavy (non-hydrogen) atoms. The molecule has 2 rings (SSSR count). The molecule has 0 N–H and O–H groups in total. The van der Waals surface area contributed by atoms with E-state index in [1.807, 2.05) is 43.0 Å². The molecule has 1 amide bonds. The molecule has 3 nitrogen and oxygen atoms in total. The number of hydrogen-bond acceptors (Lipinski definition) is 2. The van der Waals surface area contributed by atoms with E-state index in [1.165, 1.54) is 6.42 Å². The van der Waals surface area contributed by atoms with E-state index < -0.39 is 6.10 Å². The Hall–Kier alpha value is -1.51. The van der Waals surface area contributed by atoms with Gasteiger partial charge in [-0.3, -0.25) is 4.79 Å². The van der Waals surface area contributed by atoms with E-state index in [1.54, 1.807) is 0 Å². The zero-order chi connectivity index (χ0) is 13.0. The molecule has 1 atom stereocenters. The maximum atomic E-state index is 12.2. The van der Waals surface area contributed by atoms with Gasteiger partial charge < -0.3 is 9.64 Å². The molecule has 1 aromatic rings. The minimum Gasteiger partial charge on any atom is -0.481 e. The van der Waals surface area contributed by atoms with Crippen LogP contribution >= 0.6 is 0 Å². The lowest BCUT2D eigenvalue weighted by molar-refractivity contribution is -0.138. The Balaban J connectivity index is 1.94. The molecular weight excluding hydrogens is 226 g/mol. The van der Waals surface area contributed by atoms with Gasteiger partial charge in [0.05, 0.1) is 0 Å². The summed E-state index contributed by atoms with van der Waals surface area (Å²) in [5, 5.41) is 0. The number of nitrogens with zero attached hydrogens (tertiary/aromatic N) is 1. The first-order valence-electron chi connectivity index (χ1n) is 6.69. The quantitative estimate of drug-likeness (QED) is 0.822. The standard InChI is InChI=1S/C15H21NO2/c1-12-7-6-8-14(11-12)18-13(2)15(17)16-9-4-3-5-10-16/h6-8,11,13H,3-5,9-10H2,1-2H3. The van der Waals surface area contributed by atoms with Gasteiger partial charge in [-0.1, -0.05) is 12.1 Å². The molecule has 3 heteroatoms. The second kappa shape index (κ2) is 5.89. The van der Waals surface area contributed by atoms with Crippen molar-refractivity contribution < 1.29 is 9.53 Å². The second-order valence-corrected chi connectivity index (χ2v) is 4.96. The average molecular weight is 247 g/mol. The van der Waals surface area contributed by atoms with Crippen molar-refractivity contribution in [1.82, 2.24) is 4.90 Å². The van der Waals surface area contributed by atoms with E-state index in [0.717, 1.165) is 37.2 Å². The van der Waals surface area contributed by atoms with Gasteiger partial charge in [0.1, 0.15) is 5.75 Å². The van der Waals surface area contributed by atoms with Crippen LogP contribution in [0.25, 0.3) is 0 Å². The molecule has 1 aliphatic heterocycles. The smallest absolute Gasteiger partial charge is 0.263 e. The van der Waals surface area contributed by atoms with Gasteiger partial charge >= 0.3 is 0 Å². The summed E-state index contributed by atoms with van der Waals surface area (Å²) in [6, 6.07) is 7.82. The maximum absolute atomic E-state index is 12.2. The summed E-state index contributed by atoms with van der Waals surface area (Å²) < 4.78 is 5.72. The monoisotopic (exact) mass is 247 g/mol. The van der Waals surface area contributed by atoms with E-state index in [4.69, 9.17) is 4.74 Å². The molecule has 0 radical (unpaired) electrons. The van der Waals surface area contributed by atoms with E-state index in [9.17, 15) is 4.79 Å². The Morgan fingerprint density at radius 2 is 2.00 bits per heavy atom. The van der Waals surface area contributed by atoms with Gasteiger partial charge in [0.15, 0.2) is 6.10 Å². The highest BCUT2D eigenvalue weighted by Gasteiger charge is 2.23. The molecule has 1 fully saturated rings. The van der Waals surface area contributed by atoms with Crippen molar-refractivity contribution >= 4 is 5.91 Å². The van der Waals surface area contributed by atoms with Crippen LogP contribution in [0.15, 0.2) is 24.3 Å². The second-order valence-electron chi connectivity index (χ2n) is 4.96. The van der Waals surface area contributed by atoms with Crippen molar-refractivity contribution in [3.8, 4) is 5.75 Å². The van der Waals surface area contributed by atoms with Crippen LogP contribution in [-0.4, -0.2) is 30.0 Å². The number of likely N-dealkylation sites (tertiary alicyclic amines) is 1. The largest absolute Gasteiger partial charge is 0.481 e. The predicted molar refractivity (Wildman–Crippen MR) is 71.7 cm³/mol. The summed E-state index contributed by atoms with van der Waals surface area (Å²) in [5.41, 5.74) is 1.14. The molecule has 0 aliphatic carbocycles. The van der Waals surface area contributed by atoms with Gasteiger partial charge in [-0.05, 0) is 50.8 Å². The van der Waals surface area contributed by atoms with Crippen molar-refractivity contribution in [3.63, 3.8) is 0 Å². The highest BCUT2D eigenvalue weighted by atomic mass is 16.5. The van der Waals surface area contributed by atoms with Gasteiger partial charge in [0, 0.05) is 13.1 Å². The number of benzene rings is 1. The highest BCUT2D eigenvalue weighted by Crippen LogP contribution is 2.16. The molecular formula is C15H21NO2. The number of rotatable bonds is 3. The number of ether oxygens (including phenoxy) is 1. The Labute approximate surface area is 109 Å². The lowest BCUT2D eigenvalue weighted by Crippen LogP contribution is -2.43. The van der Waals surface area contributed by atoms with Crippen molar-refractivity contribution in [2.45, 2.75) is 39.2 Å². The molecule has 0 aromatic heterocycles. The molecule has 1 aliphatic rings. The number of aryl methyl sites for hydroxylation is 1. The van der Waals surface area contributed by atoms with Crippen LogP contribution in [0.4, 0.5) is 0 Å². The number of piperidine rings is 1. The average Bonchev–Trinajstić information content (AvgIpc) is 2.39. The normalized spacial score (nSPS) is 17.3. The molecule has 98 valence electrons. The van der Waals surface area contributed by atoms with Gasteiger partial charge in [0.25, 0.3) is 5.91 Å². The van der Waals surface area contributed by atoms with E-state index in [2.05, 4.69) is 0 Å². The Bertz CT molecular complexity index is 411. The molecule has 0 saturated carbocycles. The van der Waals surface area contributed by atoms with Crippen LogP contribution in [0.1, 0.15) is 31.7 Å². The fraction of sp³-hybridized carbons (Fsp3) is 0.533. The molecule has 1 unspecified atom stereocenters. The molecule has 1 aromatic carbocycles. The first-order valence-corrected chi connectivity index (χ1v) is 6.69. The van der Waals surface area contributed by atoms with Crippen LogP contribution in [-0.2, 0) is 4.79 Å². The van der Waals surface area contributed by atoms with Gasteiger partial charge in [-0.15, -0.1) is 0 Å². The SMILES string of the molecule is Cc1cccc(OC(C)C(=O)N2CCCCC2)c1. The highest BCUT2D eigenvalue weighted by molar-refractivity contribution is 5.81. The number of carbonyl (C=O) groups is 1. The van der Waals surface area contributed by atoms with E-state index in [-0.39, 0.29) is 5.91 Å². The van der Waals surface area contributed by atoms with E-state index in [0.29, 0.717) is 0 Å². The number of amides is 1. The minimum absolute atomic E-state index is 0.108. The summed E-state index contributed by atoms with van der Waals surface area (Å²) in [7, 11) is 0. The van der Waals surface area contributed by atoms with Crippen LogP contribution in [0.3, 0.4) is 0 Å². The van der Waals surface area contributed by atoms with Crippen molar-refractivity contribution in [2.24, 2.45) is 0 Å². The first-order chi connectivity index (χ1) is 8.66. The Morgan fingerprint density at radius 3 is 2.67 bits per heavy atom. The number of hydrogen-bond donors (Lipinski definition) is 0. The summed E-state index contributed by atoms with van der Waals surface area (Å²) >= 11 is 0. The molecule has 0 bridgehead atoms. The lowest BCUT2D eigenvalue weighted by Gasteiger charge is -2.29. The van der Waals surface area contributed by atoms with Crippen molar-refractivity contribution in [3.05, 3.63) is 29.8 Å². The van der Waals surface area contributed by atoms with Crippen LogP contribution in [0, 0.1) is 6.92 Å². The maximum Gasteiger partial charge on any atom is 0.263 e. The number of carbonyl (C=O) groups excluding carboxylic acids is 1. The summed E-state index contributed by atoms with van der Waals surface area (Å²) in [5.74, 6) is 0.879. The zero-order valence-electron chi connectivity index (χ0n) is 11.2. The fourth-order valence-corrected chi connectivity index (χ4v) is 2.31. The lowest BCUT2D eigenvalue weighted by atomic mass is 10.1. The minimum atomic E-state index is -0.398. The molecule has 0 spiro atoms. The van der Waals surface area contributed by atoms with Gasteiger partial charge in [-0.2, -0.15) is 0 Å². The first kappa shape index (κ1) is 12.9. The Kier molecular flexibility index (Phi) is 4.24. The molecule has 1 heterocycles. The zero-order valence-corrected chi connectivity index (χ0v) is 11.2. The third kappa shape index (κ3) is 3.25. The van der Waals surface area contributed by atoms with Gasteiger partial charge in [-0.25, -0.2) is 0 Å². The van der Waals surface area contributed by atoms with Crippen LogP contribution < -0.4 is 4.74 Å². The van der Waals surface area contributed by atoms with Crippen LogP contribution in [0.2, 0.25) is 0 Å². The van der Waals surface area contributed by atoms with E-state index >= 15 is 0 Å². The summed E-state index contributed by atoms with van der Waals surface area (Å²) in [6.45, 7) is 5.60. The predicted octanol–water partition coefficient (Wildman–Crippen LogP) is 2.77. The van der Waals surface area contributed by atoms with Crippen LogP contribution in [0.5, 0.6) is 5.75 Å². The topological polar surface area (TPSA) is 29.5 Å². The Morgan fingerprint density at radius 1 is 1.28 bits per heavy atom. The fourth-order valence-electron chi connectivity index (χ4n) is 2.31. The third-order valence-electron chi connectivity index (χ3n) is 3.32. The summed E-state index contributed by atoms with van der Waals surface area (Å²) in [4.78, 5) is 14.1. The third-order valence-corrected chi connectivity index (χ3v) is 3.32. The van der Waals surface area contributed by atoms with Gasteiger partial charge in [0.2, 0.25) is 0 Å². The van der Waals surface area contributed by atoms with Crippen molar-refractivity contribution in [2.75, 3.05) is 13.1 Å². The van der Waals surface area contributed by atoms with Crippen molar-refractivity contribution in [1.29, 1.82) is 0 Å². The molecule has 1 saturated heterocycles.